The fourth-order valence-electron chi connectivity index (χ4n) is 0.960. The fourth-order valence-corrected chi connectivity index (χ4v) is 0.960. The molecule has 1 aromatic heterocycles. The zero-order valence-electron chi connectivity index (χ0n) is 7.98. The quantitative estimate of drug-likeness (QED) is 0.743. The Balaban J connectivity index is 2.75. The molecule has 1 aromatic rings. The van der Waals surface area contributed by atoms with E-state index in [0.717, 1.165) is 0 Å². The number of carboxylic acid groups (broad SMARTS) is 1. The van der Waals surface area contributed by atoms with Crippen molar-refractivity contribution in [1.82, 2.24) is 15.0 Å². The van der Waals surface area contributed by atoms with E-state index >= 15 is 0 Å². The second kappa shape index (κ2) is 3.16. The molecule has 0 aliphatic heterocycles. The lowest BCUT2D eigenvalue weighted by Crippen LogP contribution is -2.15. The highest BCUT2D eigenvalue weighted by Gasteiger charge is 2.14. The van der Waals surface area contributed by atoms with E-state index < -0.39 is 5.97 Å². The van der Waals surface area contributed by atoms with E-state index in [1.165, 1.54) is 6.20 Å². The number of hydrogen-bond donors (Lipinski definition) is 1. The number of carbonyl (C=O) groups is 1. The first-order chi connectivity index (χ1) is 5.88. The fraction of sp³-hybridized carbons (Fsp3) is 0.625. The van der Waals surface area contributed by atoms with Crippen LogP contribution in [0.4, 0.5) is 0 Å². The van der Waals surface area contributed by atoms with Crippen LogP contribution in [0.15, 0.2) is 6.20 Å². The summed E-state index contributed by atoms with van der Waals surface area (Å²) in [4.78, 5) is 10.5. The Morgan fingerprint density at radius 2 is 2.23 bits per heavy atom. The molecule has 0 spiro atoms. The third-order valence-corrected chi connectivity index (χ3v) is 1.39. The van der Waals surface area contributed by atoms with Gasteiger partial charge in [-0.15, -0.1) is 5.10 Å². The van der Waals surface area contributed by atoms with Crippen LogP contribution >= 0.6 is 0 Å². The molecular weight excluding hydrogens is 170 g/mol. The summed E-state index contributed by atoms with van der Waals surface area (Å²) in [6.45, 7) is 6.81. The lowest BCUT2D eigenvalue weighted by molar-refractivity contribution is 0.0690. The minimum absolute atomic E-state index is 0.00995. The Morgan fingerprint density at radius 3 is 2.62 bits per heavy atom. The van der Waals surface area contributed by atoms with Gasteiger partial charge in [0.25, 0.3) is 0 Å². The van der Waals surface area contributed by atoms with Gasteiger partial charge in [-0.1, -0.05) is 26.0 Å². The smallest absolute Gasteiger partial charge is 0.358 e. The summed E-state index contributed by atoms with van der Waals surface area (Å²) in [7, 11) is 0. The normalized spacial score (nSPS) is 11.6. The number of rotatable bonds is 2. The van der Waals surface area contributed by atoms with Gasteiger partial charge in [0, 0.05) is 6.54 Å². The molecule has 0 amide bonds. The topological polar surface area (TPSA) is 68.0 Å². The minimum Gasteiger partial charge on any atom is -0.476 e. The zero-order valence-corrected chi connectivity index (χ0v) is 7.98. The van der Waals surface area contributed by atoms with E-state index in [1.54, 1.807) is 4.68 Å². The maximum Gasteiger partial charge on any atom is 0.358 e. The van der Waals surface area contributed by atoms with Crippen molar-refractivity contribution in [2.75, 3.05) is 0 Å². The van der Waals surface area contributed by atoms with Gasteiger partial charge in [0.1, 0.15) is 0 Å². The van der Waals surface area contributed by atoms with Gasteiger partial charge in [0.2, 0.25) is 0 Å². The van der Waals surface area contributed by atoms with E-state index in [4.69, 9.17) is 5.11 Å². The van der Waals surface area contributed by atoms with Crippen LogP contribution in [0, 0.1) is 5.41 Å². The molecule has 0 aromatic carbocycles. The van der Waals surface area contributed by atoms with Crippen molar-refractivity contribution in [3.8, 4) is 0 Å². The van der Waals surface area contributed by atoms with Gasteiger partial charge in [-0.2, -0.15) is 0 Å². The molecule has 1 N–H and O–H groups in total. The predicted molar refractivity (Wildman–Crippen MR) is 46.4 cm³/mol. The molecular formula is C8H13N3O2. The second-order valence-electron chi connectivity index (χ2n) is 4.17. The summed E-state index contributed by atoms with van der Waals surface area (Å²) >= 11 is 0. The average molecular weight is 183 g/mol. The molecule has 0 aliphatic carbocycles. The largest absolute Gasteiger partial charge is 0.476 e. The Kier molecular flexibility index (Phi) is 2.36. The third kappa shape index (κ3) is 2.85. The molecule has 0 radical (unpaired) electrons. The van der Waals surface area contributed by atoms with Crippen molar-refractivity contribution >= 4 is 5.97 Å². The molecule has 0 saturated carbocycles. The first-order valence-corrected chi connectivity index (χ1v) is 4.02. The SMILES string of the molecule is CC(C)(C)Cn1cc(C(=O)O)nn1. The summed E-state index contributed by atoms with van der Waals surface area (Å²) < 4.78 is 1.55. The van der Waals surface area contributed by atoms with Gasteiger partial charge in [-0.3, -0.25) is 4.68 Å². The lowest BCUT2D eigenvalue weighted by atomic mass is 9.97. The third-order valence-electron chi connectivity index (χ3n) is 1.39. The first kappa shape index (κ1) is 9.70. The van der Waals surface area contributed by atoms with Crippen molar-refractivity contribution in [3.05, 3.63) is 11.9 Å². The van der Waals surface area contributed by atoms with E-state index in [9.17, 15) is 4.79 Å². The summed E-state index contributed by atoms with van der Waals surface area (Å²) in [6, 6.07) is 0. The van der Waals surface area contributed by atoms with Crippen molar-refractivity contribution in [2.24, 2.45) is 5.41 Å². The van der Waals surface area contributed by atoms with Gasteiger partial charge in [-0.05, 0) is 5.41 Å². The molecule has 0 unspecified atom stereocenters. The van der Waals surface area contributed by atoms with Crippen LogP contribution in [0.5, 0.6) is 0 Å². The highest BCUT2D eigenvalue weighted by Crippen LogP contribution is 2.15. The van der Waals surface area contributed by atoms with Crippen molar-refractivity contribution in [3.63, 3.8) is 0 Å². The zero-order chi connectivity index (χ0) is 10.1. The van der Waals surface area contributed by atoms with E-state index in [0.29, 0.717) is 6.54 Å². The molecule has 13 heavy (non-hydrogen) atoms. The molecule has 0 atom stereocenters. The summed E-state index contributed by atoms with van der Waals surface area (Å²) in [5, 5.41) is 15.8. The van der Waals surface area contributed by atoms with Gasteiger partial charge < -0.3 is 5.11 Å². The van der Waals surface area contributed by atoms with Crippen LogP contribution in [0.3, 0.4) is 0 Å². The Hall–Kier alpha value is -1.39. The number of nitrogens with zero attached hydrogens (tertiary/aromatic N) is 3. The van der Waals surface area contributed by atoms with Crippen LogP contribution in [-0.2, 0) is 6.54 Å². The molecule has 0 bridgehead atoms. The molecule has 1 heterocycles. The highest BCUT2D eigenvalue weighted by atomic mass is 16.4. The summed E-state index contributed by atoms with van der Waals surface area (Å²) in [6.07, 6.45) is 1.44. The molecule has 1 rings (SSSR count). The molecule has 0 aliphatic rings. The Morgan fingerprint density at radius 1 is 1.62 bits per heavy atom. The van der Waals surface area contributed by atoms with Gasteiger partial charge in [0.15, 0.2) is 5.69 Å². The predicted octanol–water partition coefficient (Wildman–Crippen LogP) is 1.02. The number of hydrogen-bond acceptors (Lipinski definition) is 3. The van der Waals surface area contributed by atoms with Gasteiger partial charge in [-0.25, -0.2) is 4.79 Å². The number of carboxylic acids is 1. The van der Waals surface area contributed by atoms with Crippen LogP contribution in [0.1, 0.15) is 31.3 Å². The summed E-state index contributed by atoms with van der Waals surface area (Å²) in [5.74, 6) is -1.04. The van der Waals surface area contributed by atoms with Gasteiger partial charge >= 0.3 is 5.97 Å². The maximum absolute atomic E-state index is 10.5. The molecule has 5 heteroatoms. The second-order valence-corrected chi connectivity index (χ2v) is 4.17. The average Bonchev–Trinajstić information content (AvgIpc) is 2.31. The molecule has 5 nitrogen and oxygen atoms in total. The van der Waals surface area contributed by atoms with E-state index in [1.807, 2.05) is 0 Å². The van der Waals surface area contributed by atoms with Crippen LogP contribution in [0.2, 0.25) is 0 Å². The van der Waals surface area contributed by atoms with Gasteiger partial charge in [0.05, 0.1) is 6.20 Å². The molecule has 0 saturated heterocycles. The van der Waals surface area contributed by atoms with Crippen LogP contribution in [0.25, 0.3) is 0 Å². The maximum atomic E-state index is 10.5. The Bertz CT molecular complexity index is 311. The molecule has 0 fully saturated rings. The Labute approximate surface area is 76.4 Å². The van der Waals surface area contributed by atoms with E-state index in [2.05, 4.69) is 31.1 Å². The van der Waals surface area contributed by atoms with Crippen molar-refractivity contribution in [2.45, 2.75) is 27.3 Å². The summed E-state index contributed by atoms with van der Waals surface area (Å²) in [5.41, 5.74) is 0.0629. The monoisotopic (exact) mass is 183 g/mol. The number of aromatic carboxylic acids is 1. The first-order valence-electron chi connectivity index (χ1n) is 4.02. The van der Waals surface area contributed by atoms with Crippen molar-refractivity contribution in [1.29, 1.82) is 0 Å². The van der Waals surface area contributed by atoms with Crippen molar-refractivity contribution < 1.29 is 9.90 Å². The van der Waals surface area contributed by atoms with Crippen LogP contribution in [-0.4, -0.2) is 26.1 Å². The minimum atomic E-state index is -1.04. The lowest BCUT2D eigenvalue weighted by Gasteiger charge is -2.16. The standard InChI is InChI=1S/C8H13N3O2/c1-8(2,3)5-11-4-6(7(12)13)9-10-11/h4H,5H2,1-3H3,(H,12,13). The number of aromatic nitrogens is 3. The van der Waals surface area contributed by atoms with Crippen LogP contribution < -0.4 is 0 Å². The highest BCUT2D eigenvalue weighted by molar-refractivity contribution is 5.84. The van der Waals surface area contributed by atoms with E-state index in [-0.39, 0.29) is 11.1 Å². The molecule has 72 valence electrons.